The van der Waals surface area contributed by atoms with E-state index in [2.05, 4.69) is 58.0 Å². The summed E-state index contributed by atoms with van der Waals surface area (Å²) >= 11 is 2.57. The molecule has 0 heterocycles. The van der Waals surface area contributed by atoms with Crippen LogP contribution in [0.1, 0.15) is 0 Å². The Balaban J connectivity index is 3.94. The van der Waals surface area contributed by atoms with Crippen LogP contribution in [0.3, 0.4) is 0 Å². The lowest BCUT2D eigenvalue weighted by molar-refractivity contribution is 1.13. The Morgan fingerprint density at radius 2 is 1.80 bits per heavy atom. The van der Waals surface area contributed by atoms with E-state index in [1.165, 1.54) is 0 Å². The van der Waals surface area contributed by atoms with Gasteiger partial charge in [-0.2, -0.15) is 0 Å². The first-order chi connectivity index (χ1) is 4.39. The summed E-state index contributed by atoms with van der Waals surface area (Å²) in [5.41, 5.74) is 0. The molecule has 1 nitrogen and oxygen atoms in total. The van der Waals surface area contributed by atoms with Gasteiger partial charge < -0.3 is 0 Å². The highest BCUT2D eigenvalue weighted by molar-refractivity contribution is 14.1. The maximum atomic E-state index is 2.72. The van der Waals surface area contributed by atoms with Crippen LogP contribution >= 0.6 is 22.9 Å². The van der Waals surface area contributed by atoms with E-state index in [4.69, 9.17) is 0 Å². The molecule has 0 N–H and O–H groups in total. The number of halogens is 1. The molecule has 0 aromatic carbocycles. The topological polar surface area (TPSA) is 3.24 Å². The number of hydrogen-bond acceptors (Lipinski definition) is 1. The van der Waals surface area contributed by atoms with Crippen LogP contribution in [0.4, 0.5) is 0 Å². The van der Waals surface area contributed by atoms with Gasteiger partial charge >= 0.3 is 0 Å². The zero-order valence-corrected chi connectivity index (χ0v) is 13.3. The third kappa shape index (κ3) is 3.65. The van der Waals surface area contributed by atoms with Crippen molar-refractivity contribution in [1.82, 2.24) is 2.44 Å². The summed E-state index contributed by atoms with van der Waals surface area (Å²) in [6, 6.07) is 0. The van der Waals surface area contributed by atoms with Gasteiger partial charge in [-0.05, 0) is 0 Å². The van der Waals surface area contributed by atoms with Crippen LogP contribution < -0.4 is 0 Å². The molecular weight excluding hydrogens is 285 g/mol. The van der Waals surface area contributed by atoms with E-state index in [9.17, 15) is 0 Å². The van der Waals surface area contributed by atoms with Gasteiger partial charge in [-0.3, -0.25) is 2.44 Å². The van der Waals surface area contributed by atoms with Gasteiger partial charge in [0.2, 0.25) is 0 Å². The van der Waals surface area contributed by atoms with Crippen molar-refractivity contribution in [1.29, 1.82) is 0 Å². The van der Waals surface area contributed by atoms with Crippen molar-refractivity contribution in [3.05, 3.63) is 0 Å². The van der Waals surface area contributed by atoms with Gasteiger partial charge in [0.15, 0.2) is 0 Å². The summed E-state index contributed by atoms with van der Waals surface area (Å²) in [6.07, 6.45) is 0. The van der Waals surface area contributed by atoms with Gasteiger partial charge in [0, 0.05) is 31.9 Å². The molecule has 0 aliphatic carbocycles. The van der Waals surface area contributed by atoms with Crippen molar-refractivity contribution in [2.24, 2.45) is 0 Å². The first-order valence-corrected chi connectivity index (χ1v) is 14.6. The van der Waals surface area contributed by atoms with Crippen molar-refractivity contribution in [2.75, 3.05) is 0 Å². The molecule has 0 amide bonds. The summed E-state index contributed by atoms with van der Waals surface area (Å²) in [4.78, 5) is 0. The van der Waals surface area contributed by atoms with Gasteiger partial charge in [-0.25, -0.2) is 0 Å². The minimum atomic E-state index is -0.928. The van der Waals surface area contributed by atoms with E-state index in [1.807, 2.05) is 0 Å². The molecule has 62 valence electrons. The minimum absolute atomic E-state index is 0.303. The van der Waals surface area contributed by atoms with Crippen molar-refractivity contribution in [2.45, 2.75) is 32.7 Å². The molecule has 0 rings (SSSR count). The number of rotatable bonds is 3. The smallest absolute Gasteiger partial charge is 0.121 e. The molecule has 0 saturated heterocycles. The average Bonchev–Trinajstić information content (AvgIpc) is 1.83. The van der Waals surface area contributed by atoms with Gasteiger partial charge in [-0.15, -0.1) is 0 Å². The number of hydrogen-bond donors (Lipinski definition) is 0. The average molecular weight is 303 g/mol. The molecule has 0 aromatic heterocycles. The Morgan fingerprint density at radius 1 is 1.40 bits per heavy atom. The van der Waals surface area contributed by atoms with Crippen LogP contribution in [0.15, 0.2) is 0 Å². The van der Waals surface area contributed by atoms with Gasteiger partial charge in [-0.1, -0.05) is 32.7 Å². The quantitative estimate of drug-likeness (QED) is 0.434. The fourth-order valence-corrected chi connectivity index (χ4v) is 17.5. The Morgan fingerprint density at radius 3 is 1.90 bits per heavy atom. The van der Waals surface area contributed by atoms with E-state index in [1.54, 1.807) is 0 Å². The van der Waals surface area contributed by atoms with E-state index in [0.29, 0.717) is 9.04 Å². The molecular formula is C5H18INSi3. The van der Waals surface area contributed by atoms with Crippen LogP contribution in [0.5, 0.6) is 0 Å². The van der Waals surface area contributed by atoms with Gasteiger partial charge in [0.1, 0.15) is 8.24 Å². The second-order valence-electron chi connectivity index (χ2n) is 3.74. The van der Waals surface area contributed by atoms with Crippen LogP contribution in [-0.4, -0.2) is 28.2 Å². The Kier molecular flexibility index (Phi) is 4.98. The zero-order chi connectivity index (χ0) is 8.36. The second-order valence-corrected chi connectivity index (χ2v) is 21.1. The molecule has 10 heavy (non-hydrogen) atoms. The molecule has 0 aliphatic heterocycles. The lowest BCUT2D eigenvalue weighted by Gasteiger charge is -2.32. The summed E-state index contributed by atoms with van der Waals surface area (Å²) in [7, 11) is -1.00. The molecule has 0 radical (unpaired) electrons. The Hall–Kier alpha value is 1.34. The molecule has 0 saturated carbocycles. The molecule has 1 atom stereocenters. The summed E-state index contributed by atoms with van der Waals surface area (Å²) in [5.74, 6) is 0. The molecule has 5 heteroatoms. The van der Waals surface area contributed by atoms with Crippen LogP contribution in [0.25, 0.3) is 0 Å². The van der Waals surface area contributed by atoms with E-state index in [-0.39, 0.29) is 8.48 Å². The van der Waals surface area contributed by atoms with Crippen molar-refractivity contribution >= 4 is 48.6 Å². The molecule has 0 fully saturated rings. The third-order valence-electron chi connectivity index (χ3n) is 1.62. The van der Waals surface area contributed by atoms with Crippen LogP contribution in [0.2, 0.25) is 32.7 Å². The summed E-state index contributed by atoms with van der Waals surface area (Å²) in [6.45, 7) is 12.3. The maximum absolute atomic E-state index is 2.72. The zero-order valence-electron chi connectivity index (χ0n) is 7.61. The first kappa shape index (κ1) is 11.3. The van der Waals surface area contributed by atoms with Crippen LogP contribution in [0, 0.1) is 0 Å². The van der Waals surface area contributed by atoms with E-state index in [0.717, 1.165) is 0 Å². The largest absolute Gasteiger partial charge is 0.295 e. The lowest BCUT2D eigenvalue weighted by atomic mass is 11.8. The van der Waals surface area contributed by atoms with Crippen molar-refractivity contribution in [3.63, 3.8) is 0 Å². The highest BCUT2D eigenvalue weighted by Crippen LogP contribution is 2.16. The minimum Gasteiger partial charge on any atom is -0.295 e. The highest BCUT2D eigenvalue weighted by atomic mass is 127. The first-order valence-electron chi connectivity index (χ1n) is 3.84. The second kappa shape index (κ2) is 4.39. The van der Waals surface area contributed by atoms with Gasteiger partial charge in [0.25, 0.3) is 0 Å². The maximum Gasteiger partial charge on any atom is 0.121 e. The Labute approximate surface area is 83.5 Å². The van der Waals surface area contributed by atoms with Crippen molar-refractivity contribution < 1.29 is 0 Å². The lowest BCUT2D eigenvalue weighted by Crippen LogP contribution is -2.48. The molecule has 0 bridgehead atoms. The summed E-state index contributed by atoms with van der Waals surface area (Å²) < 4.78 is 2.72. The highest BCUT2D eigenvalue weighted by Gasteiger charge is 2.25. The molecule has 0 aromatic rings. The predicted molar refractivity (Wildman–Crippen MR) is 66.6 cm³/mol. The normalized spacial score (nSPS) is 17.1. The predicted octanol–water partition coefficient (Wildman–Crippen LogP) is 1.54. The van der Waals surface area contributed by atoms with Crippen molar-refractivity contribution in [3.8, 4) is 0 Å². The molecule has 0 spiro atoms. The van der Waals surface area contributed by atoms with Gasteiger partial charge in [0.05, 0.1) is 8.48 Å². The monoisotopic (exact) mass is 303 g/mol. The van der Waals surface area contributed by atoms with Crippen LogP contribution in [-0.2, 0) is 0 Å². The molecule has 1 unspecified atom stereocenters. The van der Waals surface area contributed by atoms with E-state index >= 15 is 0 Å². The molecule has 0 aliphatic rings. The summed E-state index contributed by atoms with van der Waals surface area (Å²) in [5, 5.41) is 0. The third-order valence-corrected chi connectivity index (χ3v) is 23.7. The fourth-order valence-electron chi connectivity index (χ4n) is 0.821. The number of nitrogens with zero attached hydrogens (tertiary/aromatic N) is 1. The standard InChI is InChI=1S/C5H18INSi3/c1-8-9(2)7(6)10(3,4)5/h9H,8H2,1-5H3. The fraction of sp³-hybridized carbons (Fsp3) is 1.00. The Bertz CT molecular complexity index is 104. The van der Waals surface area contributed by atoms with E-state index < -0.39 is 8.24 Å². The SMILES string of the molecule is C[SiH2][SiH](C)N(I)[Si](C)(C)C.